The number of thiophene rings is 1. The molecule has 1 aliphatic heterocycles. The van der Waals surface area contributed by atoms with Crippen molar-refractivity contribution in [2.24, 2.45) is 0 Å². The van der Waals surface area contributed by atoms with E-state index in [0.717, 1.165) is 46.5 Å². The fourth-order valence-electron chi connectivity index (χ4n) is 3.28. The summed E-state index contributed by atoms with van der Waals surface area (Å²) in [4.78, 5) is 21.8. The van der Waals surface area contributed by atoms with Gasteiger partial charge in [0.15, 0.2) is 0 Å². The molecular formula is C21H23N3OS3. The van der Waals surface area contributed by atoms with E-state index < -0.39 is 0 Å². The van der Waals surface area contributed by atoms with E-state index in [1.165, 1.54) is 28.4 Å². The third-order valence-electron chi connectivity index (χ3n) is 4.93. The van der Waals surface area contributed by atoms with Gasteiger partial charge in [-0.2, -0.15) is 11.8 Å². The van der Waals surface area contributed by atoms with Crippen LogP contribution in [0.5, 0.6) is 0 Å². The van der Waals surface area contributed by atoms with E-state index in [1.54, 1.807) is 11.3 Å². The lowest BCUT2D eigenvalue weighted by Gasteiger charge is -2.27. The molecular weight excluding hydrogens is 406 g/mol. The summed E-state index contributed by atoms with van der Waals surface area (Å²) < 4.78 is 0. The van der Waals surface area contributed by atoms with Crippen molar-refractivity contribution in [3.63, 3.8) is 0 Å². The predicted octanol–water partition coefficient (Wildman–Crippen LogP) is 5.29. The first-order valence-corrected chi connectivity index (χ1v) is 12.2. The number of aromatic nitrogens is 1. The summed E-state index contributed by atoms with van der Waals surface area (Å²) in [6.07, 6.45) is 0. The SMILES string of the molecule is Cc1nc(-c2cccs2)sc1C(=O)Nc1cccc(CN2CCSCC2)c1C. The zero-order chi connectivity index (χ0) is 19.5. The molecule has 1 aromatic carbocycles. The predicted molar refractivity (Wildman–Crippen MR) is 122 cm³/mol. The highest BCUT2D eigenvalue weighted by Gasteiger charge is 2.18. The van der Waals surface area contributed by atoms with Gasteiger partial charge in [0.2, 0.25) is 0 Å². The van der Waals surface area contributed by atoms with Crippen LogP contribution in [0.4, 0.5) is 5.69 Å². The number of hydrogen-bond donors (Lipinski definition) is 1. The second kappa shape index (κ2) is 8.78. The molecule has 146 valence electrons. The number of benzene rings is 1. The van der Waals surface area contributed by atoms with Crippen molar-refractivity contribution in [2.75, 3.05) is 29.9 Å². The lowest BCUT2D eigenvalue weighted by atomic mass is 10.1. The van der Waals surface area contributed by atoms with E-state index in [-0.39, 0.29) is 5.91 Å². The number of amides is 1. The number of thioether (sulfide) groups is 1. The number of aryl methyl sites for hydroxylation is 1. The number of hydrogen-bond acceptors (Lipinski definition) is 6. The van der Waals surface area contributed by atoms with Crippen LogP contribution in [-0.2, 0) is 6.54 Å². The summed E-state index contributed by atoms with van der Waals surface area (Å²) in [6.45, 7) is 7.21. The summed E-state index contributed by atoms with van der Waals surface area (Å²) in [7, 11) is 0. The first kappa shape index (κ1) is 19.6. The Morgan fingerprint density at radius 1 is 1.18 bits per heavy atom. The monoisotopic (exact) mass is 429 g/mol. The number of carbonyl (C=O) groups excluding carboxylic acids is 1. The minimum Gasteiger partial charge on any atom is -0.321 e. The number of anilines is 1. The molecule has 0 radical (unpaired) electrons. The van der Waals surface area contributed by atoms with E-state index >= 15 is 0 Å². The molecule has 1 saturated heterocycles. The van der Waals surface area contributed by atoms with Crippen molar-refractivity contribution < 1.29 is 4.79 Å². The average Bonchev–Trinajstić information content (AvgIpc) is 3.35. The molecule has 0 aliphatic carbocycles. The maximum atomic E-state index is 12.9. The average molecular weight is 430 g/mol. The largest absolute Gasteiger partial charge is 0.321 e. The molecule has 2 aromatic heterocycles. The van der Waals surface area contributed by atoms with Gasteiger partial charge in [0.1, 0.15) is 9.88 Å². The second-order valence-electron chi connectivity index (χ2n) is 6.84. The zero-order valence-electron chi connectivity index (χ0n) is 16.0. The van der Waals surface area contributed by atoms with Crippen molar-refractivity contribution >= 4 is 46.0 Å². The molecule has 1 amide bonds. The molecule has 1 N–H and O–H groups in total. The molecule has 0 unspecified atom stereocenters. The Kier molecular flexibility index (Phi) is 6.16. The first-order valence-electron chi connectivity index (χ1n) is 9.33. The molecule has 0 saturated carbocycles. The third kappa shape index (κ3) is 4.33. The summed E-state index contributed by atoms with van der Waals surface area (Å²) in [6, 6.07) is 10.2. The first-order chi connectivity index (χ1) is 13.6. The van der Waals surface area contributed by atoms with Gasteiger partial charge in [-0.15, -0.1) is 22.7 Å². The van der Waals surface area contributed by atoms with Gasteiger partial charge in [-0.1, -0.05) is 18.2 Å². The molecule has 1 fully saturated rings. The fraction of sp³-hybridized carbons (Fsp3) is 0.333. The van der Waals surface area contributed by atoms with Crippen LogP contribution in [0.1, 0.15) is 26.5 Å². The Labute approximate surface area is 178 Å². The number of carbonyl (C=O) groups is 1. The molecule has 0 spiro atoms. The number of nitrogens with zero attached hydrogens (tertiary/aromatic N) is 2. The standard InChI is InChI=1S/C21H23N3OS3/c1-14-16(13-24-8-11-26-12-9-24)5-3-6-17(14)23-20(25)19-15(2)22-21(28-19)18-7-4-10-27-18/h3-7,10H,8-9,11-13H2,1-2H3,(H,23,25). The molecule has 3 heterocycles. The van der Waals surface area contributed by atoms with E-state index in [0.29, 0.717) is 4.88 Å². The van der Waals surface area contributed by atoms with Crippen molar-refractivity contribution in [2.45, 2.75) is 20.4 Å². The van der Waals surface area contributed by atoms with Crippen molar-refractivity contribution in [3.8, 4) is 9.88 Å². The van der Waals surface area contributed by atoms with E-state index in [9.17, 15) is 4.79 Å². The smallest absolute Gasteiger partial charge is 0.267 e. The summed E-state index contributed by atoms with van der Waals surface area (Å²) in [5.41, 5.74) is 4.10. The van der Waals surface area contributed by atoms with Gasteiger partial charge in [-0.05, 0) is 42.5 Å². The molecule has 28 heavy (non-hydrogen) atoms. The van der Waals surface area contributed by atoms with Gasteiger partial charge in [-0.3, -0.25) is 9.69 Å². The Balaban J connectivity index is 1.51. The van der Waals surface area contributed by atoms with E-state index in [2.05, 4.69) is 28.2 Å². The normalized spacial score (nSPS) is 14.9. The van der Waals surface area contributed by atoms with Crippen LogP contribution in [0, 0.1) is 13.8 Å². The summed E-state index contributed by atoms with van der Waals surface area (Å²) >= 11 is 5.13. The Morgan fingerprint density at radius 2 is 2.00 bits per heavy atom. The Morgan fingerprint density at radius 3 is 2.75 bits per heavy atom. The third-order valence-corrected chi connectivity index (χ3v) is 8.06. The van der Waals surface area contributed by atoms with E-state index in [4.69, 9.17) is 0 Å². The molecule has 1 aliphatic rings. The van der Waals surface area contributed by atoms with Gasteiger partial charge in [0.25, 0.3) is 5.91 Å². The maximum absolute atomic E-state index is 12.9. The van der Waals surface area contributed by atoms with Crippen molar-refractivity contribution in [3.05, 3.63) is 57.4 Å². The zero-order valence-corrected chi connectivity index (χ0v) is 18.5. The quantitative estimate of drug-likeness (QED) is 0.599. The highest BCUT2D eigenvalue weighted by molar-refractivity contribution is 7.99. The van der Waals surface area contributed by atoms with Gasteiger partial charge in [0, 0.05) is 36.8 Å². The Bertz CT molecular complexity index is 959. The molecule has 0 atom stereocenters. The van der Waals surface area contributed by atoms with Crippen LogP contribution in [0.25, 0.3) is 9.88 Å². The van der Waals surface area contributed by atoms with Crippen LogP contribution in [0.2, 0.25) is 0 Å². The van der Waals surface area contributed by atoms with Crippen LogP contribution >= 0.6 is 34.4 Å². The molecule has 7 heteroatoms. The Hall–Kier alpha value is -1.67. The van der Waals surface area contributed by atoms with Gasteiger partial charge < -0.3 is 5.32 Å². The maximum Gasteiger partial charge on any atom is 0.267 e. The van der Waals surface area contributed by atoms with Crippen LogP contribution < -0.4 is 5.32 Å². The summed E-state index contributed by atoms with van der Waals surface area (Å²) in [5, 5.41) is 6.05. The van der Waals surface area contributed by atoms with Gasteiger partial charge in [0.05, 0.1) is 10.6 Å². The van der Waals surface area contributed by atoms with Gasteiger partial charge in [-0.25, -0.2) is 4.98 Å². The molecule has 0 bridgehead atoms. The number of thiazole rings is 1. The lowest BCUT2D eigenvalue weighted by Crippen LogP contribution is -2.32. The minimum absolute atomic E-state index is 0.0765. The molecule has 4 nitrogen and oxygen atoms in total. The number of nitrogens with one attached hydrogen (secondary N) is 1. The topological polar surface area (TPSA) is 45.2 Å². The molecule has 3 aromatic rings. The highest BCUT2D eigenvalue weighted by Crippen LogP contribution is 2.32. The van der Waals surface area contributed by atoms with E-state index in [1.807, 2.05) is 48.3 Å². The van der Waals surface area contributed by atoms with Crippen LogP contribution in [-0.4, -0.2) is 40.4 Å². The summed E-state index contributed by atoms with van der Waals surface area (Å²) in [5.74, 6) is 2.33. The molecule has 4 rings (SSSR count). The van der Waals surface area contributed by atoms with Crippen LogP contribution in [0.3, 0.4) is 0 Å². The fourth-order valence-corrected chi connectivity index (χ4v) is 6.02. The van der Waals surface area contributed by atoms with Crippen LogP contribution in [0.15, 0.2) is 35.7 Å². The van der Waals surface area contributed by atoms with Crippen molar-refractivity contribution in [1.82, 2.24) is 9.88 Å². The van der Waals surface area contributed by atoms with Crippen molar-refractivity contribution in [1.29, 1.82) is 0 Å². The van der Waals surface area contributed by atoms with Gasteiger partial charge >= 0.3 is 0 Å². The number of rotatable bonds is 5. The highest BCUT2D eigenvalue weighted by atomic mass is 32.2. The minimum atomic E-state index is -0.0765. The lowest BCUT2D eigenvalue weighted by molar-refractivity contribution is 0.102. The second-order valence-corrected chi connectivity index (χ2v) is 10.0.